The van der Waals surface area contributed by atoms with E-state index in [-0.39, 0.29) is 11.5 Å². The van der Waals surface area contributed by atoms with Gasteiger partial charge in [-0.3, -0.25) is 14.9 Å². The van der Waals surface area contributed by atoms with E-state index in [4.69, 9.17) is 4.74 Å². The zero-order valence-corrected chi connectivity index (χ0v) is 17.3. The van der Waals surface area contributed by atoms with Crippen molar-refractivity contribution in [1.82, 2.24) is 14.5 Å². The molecule has 0 fully saturated rings. The molecule has 1 aromatic carbocycles. The molecule has 4 heterocycles. The van der Waals surface area contributed by atoms with Crippen molar-refractivity contribution >= 4 is 43.9 Å². The van der Waals surface area contributed by atoms with Gasteiger partial charge in [0.05, 0.1) is 28.9 Å². The van der Waals surface area contributed by atoms with Gasteiger partial charge in [-0.1, -0.05) is 0 Å². The fourth-order valence-electron chi connectivity index (χ4n) is 3.39. The molecule has 3 aromatic heterocycles. The van der Waals surface area contributed by atoms with Crippen LogP contribution in [0.25, 0.3) is 21.5 Å². The van der Waals surface area contributed by atoms with Gasteiger partial charge in [0, 0.05) is 24.4 Å². The summed E-state index contributed by atoms with van der Waals surface area (Å²) in [7, 11) is 1.65. The van der Waals surface area contributed by atoms with Gasteiger partial charge in [0.2, 0.25) is 0 Å². The quantitative estimate of drug-likeness (QED) is 0.543. The lowest BCUT2D eigenvalue weighted by molar-refractivity contribution is 0.103. The van der Waals surface area contributed by atoms with Gasteiger partial charge in [0.25, 0.3) is 11.5 Å². The zero-order valence-electron chi connectivity index (χ0n) is 15.7. The van der Waals surface area contributed by atoms with Gasteiger partial charge >= 0.3 is 0 Å². The summed E-state index contributed by atoms with van der Waals surface area (Å²) in [5.41, 5.74) is 3.47. The maximum Gasteiger partial charge on any atom is 0.267 e. The molecule has 5 rings (SSSR count). The van der Waals surface area contributed by atoms with Crippen LogP contribution < -0.4 is 15.6 Å². The Balaban J connectivity index is 1.42. The number of aryl methyl sites for hydroxylation is 2. The number of rotatable bonds is 3. The van der Waals surface area contributed by atoms with Crippen molar-refractivity contribution in [3.8, 4) is 17.0 Å². The number of anilines is 1. The van der Waals surface area contributed by atoms with Gasteiger partial charge in [0.1, 0.15) is 10.6 Å². The maximum atomic E-state index is 12.8. The monoisotopic (exact) mass is 424 g/mol. The minimum atomic E-state index is -0.282. The van der Waals surface area contributed by atoms with Gasteiger partial charge in [-0.2, -0.15) is 0 Å². The molecule has 0 bridgehead atoms. The first-order valence-corrected chi connectivity index (χ1v) is 10.7. The van der Waals surface area contributed by atoms with Gasteiger partial charge in [-0.05, 0) is 36.2 Å². The highest BCUT2D eigenvalue weighted by Crippen LogP contribution is 2.33. The van der Waals surface area contributed by atoms with Crippen LogP contribution in [0.15, 0.2) is 34.7 Å². The lowest BCUT2D eigenvalue weighted by atomic mass is 10.1. The third kappa shape index (κ3) is 3.02. The van der Waals surface area contributed by atoms with Crippen LogP contribution in [0, 0.1) is 6.92 Å². The second-order valence-electron chi connectivity index (χ2n) is 6.81. The molecule has 0 saturated heterocycles. The van der Waals surface area contributed by atoms with Crippen LogP contribution in [0.2, 0.25) is 0 Å². The molecule has 1 amide bonds. The smallest absolute Gasteiger partial charge is 0.267 e. The number of carbonyl (C=O) groups excluding carboxylic acids is 1. The number of hydrogen-bond donors (Lipinski definition) is 1. The van der Waals surface area contributed by atoms with E-state index in [1.807, 2.05) is 17.5 Å². The van der Waals surface area contributed by atoms with E-state index in [0.29, 0.717) is 32.4 Å². The summed E-state index contributed by atoms with van der Waals surface area (Å²) < 4.78 is 6.96. The van der Waals surface area contributed by atoms with Crippen LogP contribution in [0.3, 0.4) is 0 Å². The van der Waals surface area contributed by atoms with E-state index in [1.54, 1.807) is 14.0 Å². The number of benzene rings is 1. The molecular weight excluding hydrogens is 408 g/mol. The number of aromatic nitrogens is 3. The number of hydrogen-bond acceptors (Lipinski definition) is 7. The number of ether oxygens (including phenoxy) is 1. The number of thiophene rings is 1. The Morgan fingerprint density at radius 3 is 3.07 bits per heavy atom. The minimum Gasteiger partial charge on any atom is -0.493 e. The van der Waals surface area contributed by atoms with Crippen LogP contribution in [-0.4, -0.2) is 27.0 Å². The molecule has 146 valence electrons. The van der Waals surface area contributed by atoms with E-state index in [1.165, 1.54) is 39.1 Å². The topological polar surface area (TPSA) is 86.1 Å². The summed E-state index contributed by atoms with van der Waals surface area (Å²) in [4.78, 5) is 35.0. The van der Waals surface area contributed by atoms with Crippen molar-refractivity contribution in [2.45, 2.75) is 13.3 Å². The van der Waals surface area contributed by atoms with Crippen molar-refractivity contribution in [2.24, 2.45) is 7.05 Å². The summed E-state index contributed by atoms with van der Waals surface area (Å²) in [6.07, 6.45) is 2.37. The first-order chi connectivity index (χ1) is 14.0. The third-order valence-electron chi connectivity index (χ3n) is 4.93. The molecule has 0 spiro atoms. The fourth-order valence-corrected chi connectivity index (χ4v) is 5.14. The summed E-state index contributed by atoms with van der Waals surface area (Å²) in [5, 5.41) is 5.78. The highest BCUT2D eigenvalue weighted by atomic mass is 32.1. The van der Waals surface area contributed by atoms with E-state index in [9.17, 15) is 9.59 Å². The highest BCUT2D eigenvalue weighted by Gasteiger charge is 2.20. The molecule has 0 atom stereocenters. The average Bonchev–Trinajstić information content (AvgIpc) is 3.43. The largest absolute Gasteiger partial charge is 0.493 e. The average molecular weight is 425 g/mol. The molecule has 1 aliphatic rings. The van der Waals surface area contributed by atoms with E-state index >= 15 is 0 Å². The Labute approximate surface area is 173 Å². The van der Waals surface area contributed by atoms with E-state index < -0.39 is 0 Å². The van der Waals surface area contributed by atoms with Gasteiger partial charge < -0.3 is 9.30 Å². The lowest BCUT2D eigenvalue weighted by Gasteiger charge is -2.02. The minimum absolute atomic E-state index is 0.153. The Morgan fingerprint density at radius 1 is 1.34 bits per heavy atom. The number of carbonyl (C=O) groups is 1. The summed E-state index contributed by atoms with van der Waals surface area (Å²) in [5.74, 6) is 0.647. The molecule has 0 aliphatic carbocycles. The highest BCUT2D eigenvalue weighted by molar-refractivity contribution is 7.21. The number of fused-ring (bicyclic) bond motifs is 2. The molecule has 4 aromatic rings. The van der Waals surface area contributed by atoms with Crippen molar-refractivity contribution < 1.29 is 9.53 Å². The normalized spacial score (nSPS) is 12.8. The van der Waals surface area contributed by atoms with E-state index in [0.717, 1.165) is 23.4 Å². The predicted molar refractivity (Wildman–Crippen MR) is 114 cm³/mol. The van der Waals surface area contributed by atoms with Crippen LogP contribution >= 0.6 is 22.7 Å². The molecule has 7 nitrogen and oxygen atoms in total. The van der Waals surface area contributed by atoms with E-state index in [2.05, 4.69) is 21.4 Å². The Kier molecular flexibility index (Phi) is 4.21. The molecular formula is C20H16N4O3S2. The number of thiazole rings is 1. The number of nitrogens with one attached hydrogen (secondary N) is 1. The van der Waals surface area contributed by atoms with Crippen molar-refractivity contribution in [2.75, 3.05) is 11.9 Å². The number of nitrogens with zero attached hydrogens (tertiary/aromatic N) is 3. The Hall–Kier alpha value is -3.04. The summed E-state index contributed by atoms with van der Waals surface area (Å²) >= 11 is 2.59. The standard InChI is InChI=1S/C20H16N4O3S2/c1-10-15-18(21-9-24(2)19(15)26)29-16(10)17(25)23-20-22-13(8-28-20)11-3-4-14-12(7-11)5-6-27-14/h3-4,7-9H,5-6H2,1-2H3,(H,22,23,25). The van der Waals surface area contributed by atoms with Crippen molar-refractivity contribution in [3.05, 3.63) is 56.3 Å². The van der Waals surface area contributed by atoms with Crippen molar-refractivity contribution in [3.63, 3.8) is 0 Å². The molecule has 0 unspecified atom stereocenters. The first kappa shape index (κ1) is 18.0. The molecule has 1 N–H and O–H groups in total. The van der Waals surface area contributed by atoms with Crippen molar-refractivity contribution in [1.29, 1.82) is 0 Å². The van der Waals surface area contributed by atoms with Crippen LogP contribution in [0.5, 0.6) is 5.75 Å². The lowest BCUT2D eigenvalue weighted by Crippen LogP contribution is -2.17. The molecule has 0 saturated carbocycles. The van der Waals surface area contributed by atoms with Crippen LogP contribution in [-0.2, 0) is 13.5 Å². The maximum absolute atomic E-state index is 12.8. The SMILES string of the molecule is Cc1c(C(=O)Nc2nc(-c3ccc4c(c3)CCO4)cs2)sc2ncn(C)c(=O)c12. The summed E-state index contributed by atoms with van der Waals surface area (Å²) in [6.45, 7) is 2.49. The third-order valence-corrected chi connectivity index (χ3v) is 6.88. The first-order valence-electron chi connectivity index (χ1n) is 8.99. The molecule has 1 aliphatic heterocycles. The fraction of sp³-hybridized carbons (Fsp3) is 0.200. The van der Waals surface area contributed by atoms with Crippen LogP contribution in [0.4, 0.5) is 5.13 Å². The summed E-state index contributed by atoms with van der Waals surface area (Å²) in [6, 6.07) is 6.02. The van der Waals surface area contributed by atoms with Gasteiger partial charge in [0.15, 0.2) is 5.13 Å². The molecule has 9 heteroatoms. The number of amides is 1. The Bertz CT molecular complexity index is 1340. The predicted octanol–water partition coefficient (Wildman–Crippen LogP) is 3.61. The molecule has 0 radical (unpaired) electrons. The second kappa shape index (κ2) is 6.78. The molecule has 29 heavy (non-hydrogen) atoms. The van der Waals surface area contributed by atoms with Gasteiger partial charge in [-0.25, -0.2) is 9.97 Å². The zero-order chi connectivity index (χ0) is 20.1. The second-order valence-corrected chi connectivity index (χ2v) is 8.67. The van der Waals surface area contributed by atoms with Crippen LogP contribution in [0.1, 0.15) is 20.8 Å². The van der Waals surface area contributed by atoms with Gasteiger partial charge in [-0.15, -0.1) is 22.7 Å². The Morgan fingerprint density at radius 2 is 2.21 bits per heavy atom.